The number of rotatable bonds is 4. The lowest BCUT2D eigenvalue weighted by Gasteiger charge is -2.29. The number of amides is 1. The summed E-state index contributed by atoms with van der Waals surface area (Å²) in [5.41, 5.74) is 3.45. The number of ether oxygens (including phenoxy) is 1. The number of imidazole rings is 1. The Bertz CT molecular complexity index is 865. The number of pyridine rings is 1. The van der Waals surface area contributed by atoms with Gasteiger partial charge in [-0.15, -0.1) is 0 Å². The molecule has 0 aliphatic carbocycles. The molecule has 1 aliphatic heterocycles. The van der Waals surface area contributed by atoms with E-state index < -0.39 is 0 Å². The lowest BCUT2D eigenvalue weighted by molar-refractivity contribution is 0.0935. The molecule has 0 radical (unpaired) electrons. The van der Waals surface area contributed by atoms with Gasteiger partial charge in [-0.3, -0.25) is 4.79 Å². The summed E-state index contributed by atoms with van der Waals surface area (Å²) >= 11 is 0. The number of nitrogens with zero attached hydrogens (tertiary/aromatic N) is 3. The van der Waals surface area contributed by atoms with Crippen LogP contribution >= 0.6 is 0 Å². The van der Waals surface area contributed by atoms with E-state index in [4.69, 9.17) is 4.74 Å². The fourth-order valence-corrected chi connectivity index (χ4v) is 3.19. The summed E-state index contributed by atoms with van der Waals surface area (Å²) in [6.45, 7) is 5.36. The van der Waals surface area contributed by atoms with E-state index in [0.717, 1.165) is 37.5 Å². The third kappa shape index (κ3) is 3.41. The number of hydrogen-bond donors (Lipinski definition) is 1. The predicted octanol–water partition coefficient (Wildman–Crippen LogP) is 2.66. The number of nitrogens with one attached hydrogen (secondary N) is 1. The van der Waals surface area contributed by atoms with Crippen LogP contribution in [0.4, 0.5) is 5.69 Å². The molecule has 134 valence electrons. The Morgan fingerprint density at radius 2 is 1.92 bits per heavy atom. The summed E-state index contributed by atoms with van der Waals surface area (Å²) in [5.74, 6) is -0.168. The van der Waals surface area contributed by atoms with E-state index >= 15 is 0 Å². The largest absolute Gasteiger partial charge is 0.378 e. The summed E-state index contributed by atoms with van der Waals surface area (Å²) in [7, 11) is 0. The molecule has 0 spiro atoms. The van der Waals surface area contributed by atoms with Crippen molar-refractivity contribution in [1.29, 1.82) is 0 Å². The van der Waals surface area contributed by atoms with Crippen molar-refractivity contribution < 1.29 is 9.53 Å². The number of morpholine rings is 1. The lowest BCUT2D eigenvalue weighted by Crippen LogP contribution is -2.36. The summed E-state index contributed by atoms with van der Waals surface area (Å²) in [4.78, 5) is 19.2. The predicted molar refractivity (Wildman–Crippen MR) is 101 cm³/mol. The second-order valence-electron chi connectivity index (χ2n) is 6.48. The van der Waals surface area contributed by atoms with Crippen LogP contribution in [0.5, 0.6) is 0 Å². The molecule has 1 atom stereocenters. The molecule has 26 heavy (non-hydrogen) atoms. The van der Waals surface area contributed by atoms with Crippen LogP contribution in [0, 0.1) is 0 Å². The third-order valence-corrected chi connectivity index (χ3v) is 4.71. The van der Waals surface area contributed by atoms with Crippen molar-refractivity contribution >= 4 is 17.2 Å². The first-order chi connectivity index (χ1) is 12.7. The van der Waals surface area contributed by atoms with Gasteiger partial charge in [-0.2, -0.15) is 0 Å². The molecule has 6 heteroatoms. The van der Waals surface area contributed by atoms with Gasteiger partial charge in [0.25, 0.3) is 5.91 Å². The monoisotopic (exact) mass is 350 g/mol. The molecular formula is C20H22N4O2. The molecule has 6 nitrogen and oxygen atoms in total. The number of carbonyl (C=O) groups is 1. The fourth-order valence-electron chi connectivity index (χ4n) is 3.19. The highest BCUT2D eigenvalue weighted by molar-refractivity contribution is 5.93. The van der Waals surface area contributed by atoms with E-state index in [0.29, 0.717) is 5.69 Å². The van der Waals surface area contributed by atoms with Crippen LogP contribution in [0.3, 0.4) is 0 Å². The highest BCUT2D eigenvalue weighted by Gasteiger charge is 2.16. The van der Waals surface area contributed by atoms with Crippen molar-refractivity contribution in [1.82, 2.24) is 14.7 Å². The molecule has 4 rings (SSSR count). The van der Waals surface area contributed by atoms with E-state index in [1.165, 1.54) is 5.69 Å². The molecule has 1 aliphatic rings. The molecule has 3 heterocycles. The van der Waals surface area contributed by atoms with Crippen molar-refractivity contribution in [2.75, 3.05) is 31.2 Å². The number of fused-ring (bicyclic) bond motifs is 1. The Morgan fingerprint density at radius 1 is 1.15 bits per heavy atom. The zero-order chi connectivity index (χ0) is 17.9. The minimum absolute atomic E-state index is 0.0916. The zero-order valence-corrected chi connectivity index (χ0v) is 14.8. The van der Waals surface area contributed by atoms with Crippen molar-refractivity contribution in [3.8, 4) is 0 Å². The minimum atomic E-state index is -0.168. The van der Waals surface area contributed by atoms with Gasteiger partial charge < -0.3 is 19.4 Å². The molecule has 1 N–H and O–H groups in total. The summed E-state index contributed by atoms with van der Waals surface area (Å²) in [6.07, 6.45) is 3.63. The summed E-state index contributed by atoms with van der Waals surface area (Å²) in [5, 5.41) is 3.02. The molecule has 0 saturated carbocycles. The van der Waals surface area contributed by atoms with Gasteiger partial charge in [0.15, 0.2) is 0 Å². The van der Waals surface area contributed by atoms with Crippen molar-refractivity contribution in [2.24, 2.45) is 0 Å². The van der Waals surface area contributed by atoms with Crippen LogP contribution < -0.4 is 10.2 Å². The Kier molecular flexibility index (Phi) is 4.58. The standard InChI is InChI=1S/C20H22N4O2/c1-15(16-5-7-17(8-6-16)23-10-12-26-13-11-23)21-20(25)18-14-24-9-3-2-4-19(24)22-18/h2-9,14-15H,10-13H2,1H3,(H,21,25)/t15-/m1/s1. The SMILES string of the molecule is C[C@@H](NC(=O)c1cn2ccccc2n1)c1ccc(N2CCOCC2)cc1. The van der Waals surface area contributed by atoms with Crippen LogP contribution in [0.2, 0.25) is 0 Å². The van der Waals surface area contributed by atoms with Crippen molar-refractivity contribution in [3.63, 3.8) is 0 Å². The second kappa shape index (κ2) is 7.17. The second-order valence-corrected chi connectivity index (χ2v) is 6.48. The summed E-state index contributed by atoms with van der Waals surface area (Å²) < 4.78 is 7.24. The summed E-state index contributed by atoms with van der Waals surface area (Å²) in [6, 6.07) is 14.0. The van der Waals surface area contributed by atoms with E-state index in [9.17, 15) is 4.79 Å². The van der Waals surface area contributed by atoms with Gasteiger partial charge in [0, 0.05) is 31.2 Å². The average molecular weight is 350 g/mol. The molecule has 2 aromatic heterocycles. The molecule has 1 aromatic carbocycles. The number of aromatic nitrogens is 2. The van der Waals surface area contributed by atoms with Gasteiger partial charge in [-0.1, -0.05) is 18.2 Å². The van der Waals surface area contributed by atoms with Crippen molar-refractivity contribution in [2.45, 2.75) is 13.0 Å². The molecule has 1 saturated heterocycles. The van der Waals surface area contributed by atoms with E-state index in [2.05, 4.69) is 39.5 Å². The molecule has 3 aromatic rings. The fraction of sp³-hybridized carbons (Fsp3) is 0.300. The number of carbonyl (C=O) groups excluding carboxylic acids is 1. The first kappa shape index (κ1) is 16.6. The highest BCUT2D eigenvalue weighted by atomic mass is 16.5. The lowest BCUT2D eigenvalue weighted by atomic mass is 10.1. The zero-order valence-electron chi connectivity index (χ0n) is 14.8. The van der Waals surface area contributed by atoms with Crippen LogP contribution in [-0.2, 0) is 4.74 Å². The quantitative estimate of drug-likeness (QED) is 0.786. The van der Waals surface area contributed by atoms with E-state index in [1.54, 1.807) is 6.20 Å². The van der Waals surface area contributed by atoms with Crippen LogP contribution in [0.15, 0.2) is 54.9 Å². The molecule has 0 bridgehead atoms. The normalized spacial score (nSPS) is 15.8. The van der Waals surface area contributed by atoms with Gasteiger partial charge in [-0.25, -0.2) is 4.98 Å². The highest BCUT2D eigenvalue weighted by Crippen LogP contribution is 2.20. The van der Waals surface area contributed by atoms with E-state index in [1.807, 2.05) is 35.7 Å². The molecule has 1 fully saturated rings. The van der Waals surface area contributed by atoms with E-state index in [-0.39, 0.29) is 11.9 Å². The van der Waals surface area contributed by atoms with Gasteiger partial charge >= 0.3 is 0 Å². The van der Waals surface area contributed by atoms with Crippen LogP contribution in [0.25, 0.3) is 5.65 Å². The Morgan fingerprint density at radius 3 is 2.65 bits per heavy atom. The average Bonchev–Trinajstić information content (AvgIpc) is 3.13. The first-order valence-electron chi connectivity index (χ1n) is 8.88. The maximum absolute atomic E-state index is 12.5. The van der Waals surface area contributed by atoms with Gasteiger partial charge in [0.2, 0.25) is 0 Å². The maximum Gasteiger partial charge on any atom is 0.271 e. The Balaban J connectivity index is 1.43. The number of hydrogen-bond acceptors (Lipinski definition) is 4. The van der Waals surface area contributed by atoms with Gasteiger partial charge in [0.1, 0.15) is 11.3 Å². The minimum Gasteiger partial charge on any atom is -0.378 e. The number of anilines is 1. The van der Waals surface area contributed by atoms with Crippen molar-refractivity contribution in [3.05, 3.63) is 66.1 Å². The molecule has 1 amide bonds. The first-order valence-corrected chi connectivity index (χ1v) is 8.88. The maximum atomic E-state index is 12.5. The Hall–Kier alpha value is -2.86. The third-order valence-electron chi connectivity index (χ3n) is 4.71. The Labute approximate surface area is 152 Å². The van der Waals surface area contributed by atoms with Gasteiger partial charge in [0.05, 0.1) is 19.3 Å². The van der Waals surface area contributed by atoms with Crippen LogP contribution in [-0.4, -0.2) is 41.6 Å². The molecule has 0 unspecified atom stereocenters. The topological polar surface area (TPSA) is 58.9 Å². The van der Waals surface area contributed by atoms with Gasteiger partial charge in [-0.05, 0) is 36.8 Å². The smallest absolute Gasteiger partial charge is 0.271 e. The molecular weight excluding hydrogens is 328 g/mol. The number of benzene rings is 1. The van der Waals surface area contributed by atoms with Crippen LogP contribution in [0.1, 0.15) is 29.0 Å².